The van der Waals surface area contributed by atoms with Crippen molar-refractivity contribution in [3.8, 4) is 0 Å². The van der Waals surface area contributed by atoms with Crippen LogP contribution in [-0.4, -0.2) is 32.8 Å². The first-order chi connectivity index (χ1) is 12.1. The molecule has 0 aliphatic heterocycles. The zero-order chi connectivity index (χ0) is 17.7. The van der Waals surface area contributed by atoms with Crippen LogP contribution in [0.5, 0.6) is 0 Å². The van der Waals surface area contributed by atoms with Gasteiger partial charge in [-0.3, -0.25) is 0 Å². The summed E-state index contributed by atoms with van der Waals surface area (Å²) in [4.78, 5) is 17.0. The van der Waals surface area contributed by atoms with E-state index < -0.39 is 5.54 Å². The van der Waals surface area contributed by atoms with Crippen LogP contribution in [0.25, 0.3) is 0 Å². The Bertz CT molecular complexity index is 692. The van der Waals surface area contributed by atoms with Crippen molar-refractivity contribution in [3.05, 3.63) is 54.1 Å². The molecule has 0 saturated heterocycles. The van der Waals surface area contributed by atoms with E-state index in [9.17, 15) is 9.90 Å². The molecule has 1 atom stereocenters. The summed E-state index contributed by atoms with van der Waals surface area (Å²) in [5.74, 6) is 0.909. The maximum atomic E-state index is 12.6. The highest BCUT2D eigenvalue weighted by molar-refractivity contribution is 5.75. The van der Waals surface area contributed by atoms with Gasteiger partial charge in [-0.25, -0.2) is 9.78 Å². The molecule has 3 rings (SSSR count). The molecular formula is C19H26N4O2. The fourth-order valence-corrected chi connectivity index (χ4v) is 3.52. The predicted molar refractivity (Wildman–Crippen MR) is 96.0 cm³/mol. The number of nitrogens with zero attached hydrogens (tertiary/aromatic N) is 2. The van der Waals surface area contributed by atoms with Crippen molar-refractivity contribution < 1.29 is 9.90 Å². The topological polar surface area (TPSA) is 79.2 Å². The van der Waals surface area contributed by atoms with Gasteiger partial charge < -0.3 is 20.3 Å². The van der Waals surface area contributed by atoms with Crippen LogP contribution in [0.4, 0.5) is 4.79 Å². The van der Waals surface area contributed by atoms with Crippen LogP contribution in [0.3, 0.4) is 0 Å². The minimum atomic E-state index is -0.478. The summed E-state index contributed by atoms with van der Waals surface area (Å²) < 4.78 is 1.96. The third-order valence-corrected chi connectivity index (χ3v) is 5.06. The van der Waals surface area contributed by atoms with Gasteiger partial charge in [-0.1, -0.05) is 43.2 Å². The van der Waals surface area contributed by atoms with Gasteiger partial charge in [-0.05, 0) is 18.4 Å². The number of benzene rings is 1. The molecule has 3 N–H and O–H groups in total. The van der Waals surface area contributed by atoms with Gasteiger partial charge in [-0.15, -0.1) is 0 Å². The van der Waals surface area contributed by atoms with Crippen molar-refractivity contribution in [1.29, 1.82) is 0 Å². The summed E-state index contributed by atoms with van der Waals surface area (Å²) in [6.45, 7) is -0.0181. The molecule has 0 radical (unpaired) electrons. The zero-order valence-electron chi connectivity index (χ0n) is 14.6. The summed E-state index contributed by atoms with van der Waals surface area (Å²) >= 11 is 0. The standard InChI is InChI=1S/C19H26N4O2/c1-23-12-11-20-17(23)13-16(15-7-3-2-4-8-15)21-18(25)22-19(14-24)9-5-6-10-19/h2-4,7-8,11-12,16,24H,5-6,9-10,13-14H2,1H3,(H2,21,22,25)/t16-/m1/s1. The molecule has 2 amide bonds. The molecule has 1 heterocycles. The van der Waals surface area contributed by atoms with E-state index in [1.54, 1.807) is 6.20 Å². The van der Waals surface area contributed by atoms with Crippen LogP contribution in [0, 0.1) is 0 Å². The summed E-state index contributed by atoms with van der Waals surface area (Å²) in [5.41, 5.74) is 0.555. The average Bonchev–Trinajstić information content (AvgIpc) is 3.25. The summed E-state index contributed by atoms with van der Waals surface area (Å²) in [5, 5.41) is 15.8. The number of aliphatic hydroxyl groups is 1. The largest absolute Gasteiger partial charge is 0.394 e. The highest BCUT2D eigenvalue weighted by Crippen LogP contribution is 2.29. The van der Waals surface area contributed by atoms with Gasteiger partial charge in [0.1, 0.15) is 5.82 Å². The molecule has 134 valence electrons. The average molecular weight is 342 g/mol. The lowest BCUT2D eigenvalue weighted by molar-refractivity contribution is 0.161. The highest BCUT2D eigenvalue weighted by Gasteiger charge is 2.35. The Morgan fingerprint density at radius 1 is 1.32 bits per heavy atom. The first-order valence-electron chi connectivity index (χ1n) is 8.83. The number of aryl methyl sites for hydroxylation is 1. The number of aromatic nitrogens is 2. The Labute approximate surface area is 148 Å². The second-order valence-corrected chi connectivity index (χ2v) is 6.87. The van der Waals surface area contributed by atoms with Gasteiger partial charge in [0.25, 0.3) is 0 Å². The highest BCUT2D eigenvalue weighted by atomic mass is 16.3. The van der Waals surface area contributed by atoms with Gasteiger partial charge in [0, 0.05) is 25.9 Å². The SMILES string of the molecule is Cn1ccnc1C[C@@H](NC(=O)NC1(CO)CCCC1)c1ccccc1. The van der Waals surface area contributed by atoms with E-state index in [4.69, 9.17) is 0 Å². The van der Waals surface area contributed by atoms with E-state index in [1.165, 1.54) is 0 Å². The monoisotopic (exact) mass is 342 g/mol. The Balaban J connectivity index is 1.73. The van der Waals surface area contributed by atoms with Crippen molar-refractivity contribution in [2.45, 2.75) is 43.7 Å². The van der Waals surface area contributed by atoms with Crippen LogP contribution in [0.2, 0.25) is 0 Å². The third kappa shape index (κ3) is 4.20. The Kier molecular flexibility index (Phi) is 5.38. The number of aliphatic hydroxyl groups excluding tert-OH is 1. The quantitative estimate of drug-likeness (QED) is 0.754. The van der Waals surface area contributed by atoms with Crippen LogP contribution in [-0.2, 0) is 13.5 Å². The molecule has 0 unspecified atom stereocenters. The van der Waals surface area contributed by atoms with Crippen LogP contribution in [0.1, 0.15) is 43.1 Å². The molecule has 1 aromatic heterocycles. The van der Waals surface area contributed by atoms with Gasteiger partial charge in [0.15, 0.2) is 0 Å². The van der Waals surface area contributed by atoms with Gasteiger partial charge >= 0.3 is 6.03 Å². The molecule has 1 aliphatic rings. The van der Waals surface area contributed by atoms with Gasteiger partial charge in [0.05, 0.1) is 18.2 Å². The van der Waals surface area contributed by atoms with Crippen molar-refractivity contribution in [2.75, 3.05) is 6.61 Å². The molecule has 1 aromatic carbocycles. The summed E-state index contributed by atoms with van der Waals surface area (Å²) in [6.07, 6.45) is 7.99. The number of imidazole rings is 1. The van der Waals surface area contributed by atoms with Crippen LogP contribution < -0.4 is 10.6 Å². The molecule has 0 bridgehead atoms. The molecule has 1 saturated carbocycles. The van der Waals surface area contributed by atoms with Crippen LogP contribution >= 0.6 is 0 Å². The number of rotatable bonds is 6. The second kappa shape index (κ2) is 7.70. The maximum absolute atomic E-state index is 12.6. The smallest absolute Gasteiger partial charge is 0.315 e. The number of urea groups is 1. The van der Waals surface area contributed by atoms with Crippen molar-refractivity contribution in [2.24, 2.45) is 7.05 Å². The molecule has 0 spiro atoms. The summed E-state index contributed by atoms with van der Waals surface area (Å²) in [6, 6.07) is 9.48. The number of nitrogens with one attached hydrogen (secondary N) is 2. The Morgan fingerprint density at radius 2 is 2.04 bits per heavy atom. The Morgan fingerprint density at radius 3 is 2.64 bits per heavy atom. The van der Waals surface area contributed by atoms with Crippen molar-refractivity contribution >= 4 is 6.03 Å². The first-order valence-corrected chi connectivity index (χ1v) is 8.83. The molecule has 25 heavy (non-hydrogen) atoms. The molecule has 2 aromatic rings. The lowest BCUT2D eigenvalue weighted by Gasteiger charge is -2.29. The van der Waals surface area contributed by atoms with E-state index in [2.05, 4.69) is 15.6 Å². The number of hydrogen-bond donors (Lipinski definition) is 3. The van der Waals surface area contributed by atoms with Gasteiger partial charge in [-0.2, -0.15) is 0 Å². The first kappa shape index (κ1) is 17.5. The number of carbonyl (C=O) groups is 1. The number of amides is 2. The van der Waals surface area contributed by atoms with Crippen molar-refractivity contribution in [1.82, 2.24) is 20.2 Å². The lowest BCUT2D eigenvalue weighted by Crippen LogP contribution is -2.53. The zero-order valence-corrected chi connectivity index (χ0v) is 14.6. The maximum Gasteiger partial charge on any atom is 0.315 e. The Hall–Kier alpha value is -2.34. The van der Waals surface area contributed by atoms with E-state index >= 15 is 0 Å². The molecule has 1 fully saturated rings. The third-order valence-electron chi connectivity index (χ3n) is 5.06. The van der Waals surface area contributed by atoms with E-state index in [0.29, 0.717) is 6.42 Å². The fraction of sp³-hybridized carbons (Fsp3) is 0.474. The minimum Gasteiger partial charge on any atom is -0.394 e. The molecule has 6 heteroatoms. The van der Waals surface area contributed by atoms with E-state index in [1.807, 2.05) is 48.1 Å². The fourth-order valence-electron chi connectivity index (χ4n) is 3.52. The predicted octanol–water partition coefficient (Wildman–Crippen LogP) is 2.31. The normalized spacial score (nSPS) is 17.2. The minimum absolute atomic E-state index is 0.0181. The number of hydrogen-bond acceptors (Lipinski definition) is 3. The lowest BCUT2D eigenvalue weighted by atomic mass is 9.99. The van der Waals surface area contributed by atoms with E-state index in [0.717, 1.165) is 37.1 Å². The summed E-state index contributed by atoms with van der Waals surface area (Å²) in [7, 11) is 1.95. The second-order valence-electron chi connectivity index (χ2n) is 6.87. The number of carbonyl (C=O) groups excluding carboxylic acids is 1. The van der Waals surface area contributed by atoms with Crippen molar-refractivity contribution in [3.63, 3.8) is 0 Å². The molecule has 1 aliphatic carbocycles. The van der Waals surface area contributed by atoms with Crippen LogP contribution in [0.15, 0.2) is 42.7 Å². The molecular weight excluding hydrogens is 316 g/mol. The van der Waals surface area contributed by atoms with Gasteiger partial charge in [0.2, 0.25) is 0 Å². The van der Waals surface area contributed by atoms with E-state index in [-0.39, 0.29) is 18.7 Å². The molecule has 6 nitrogen and oxygen atoms in total.